The average Bonchev–Trinajstić information content (AvgIpc) is 2.78. The summed E-state index contributed by atoms with van der Waals surface area (Å²) in [5.41, 5.74) is 6.74. The van der Waals surface area contributed by atoms with Crippen molar-refractivity contribution in [2.24, 2.45) is 0 Å². The number of aromatic amines is 1. The average molecular weight is 331 g/mol. The summed E-state index contributed by atoms with van der Waals surface area (Å²) in [7, 11) is -3.58. The van der Waals surface area contributed by atoms with E-state index in [4.69, 9.17) is 5.73 Å². The molecule has 2 aromatic rings. The van der Waals surface area contributed by atoms with Crippen molar-refractivity contribution >= 4 is 31.6 Å². The van der Waals surface area contributed by atoms with E-state index in [1.165, 1.54) is 12.1 Å². The third kappa shape index (κ3) is 2.89. The van der Waals surface area contributed by atoms with Crippen molar-refractivity contribution in [1.82, 2.24) is 14.9 Å². The predicted molar refractivity (Wildman–Crippen MR) is 71.2 cm³/mol. The van der Waals surface area contributed by atoms with Gasteiger partial charge in [-0.2, -0.15) is 5.10 Å². The van der Waals surface area contributed by atoms with Crippen molar-refractivity contribution in [3.8, 4) is 0 Å². The molecule has 0 unspecified atom stereocenters. The Kier molecular flexibility index (Phi) is 3.69. The second-order valence-corrected chi connectivity index (χ2v) is 6.19. The Hall–Kier alpha value is -1.38. The first-order chi connectivity index (χ1) is 8.49. The lowest BCUT2D eigenvalue weighted by molar-refractivity contribution is 0.580. The van der Waals surface area contributed by atoms with Crippen LogP contribution < -0.4 is 10.5 Å². The number of aromatic nitrogens is 2. The van der Waals surface area contributed by atoms with Crippen LogP contribution in [0.2, 0.25) is 0 Å². The minimum atomic E-state index is -3.58. The molecule has 0 aliphatic heterocycles. The minimum Gasteiger partial charge on any atom is -0.399 e. The van der Waals surface area contributed by atoms with Crippen molar-refractivity contribution in [2.45, 2.75) is 11.4 Å². The molecule has 96 valence electrons. The summed E-state index contributed by atoms with van der Waals surface area (Å²) in [6, 6.07) is 6.23. The number of rotatable bonds is 4. The molecule has 8 heteroatoms. The maximum Gasteiger partial charge on any atom is 0.242 e. The van der Waals surface area contributed by atoms with E-state index >= 15 is 0 Å². The molecular formula is C10H11BrN4O2S. The number of H-pyrrole nitrogens is 1. The molecule has 0 spiro atoms. The van der Waals surface area contributed by atoms with Crippen molar-refractivity contribution < 1.29 is 8.42 Å². The number of halogens is 1. The van der Waals surface area contributed by atoms with E-state index in [2.05, 4.69) is 30.8 Å². The van der Waals surface area contributed by atoms with E-state index in [-0.39, 0.29) is 11.4 Å². The van der Waals surface area contributed by atoms with Gasteiger partial charge in [0, 0.05) is 16.4 Å². The molecule has 0 saturated heterocycles. The molecule has 6 nitrogen and oxygen atoms in total. The molecule has 0 saturated carbocycles. The summed E-state index contributed by atoms with van der Waals surface area (Å²) in [4.78, 5) is 0.149. The van der Waals surface area contributed by atoms with Gasteiger partial charge in [0.15, 0.2) is 0 Å². The van der Waals surface area contributed by atoms with E-state index in [1.807, 2.05) is 0 Å². The van der Waals surface area contributed by atoms with Crippen molar-refractivity contribution in [1.29, 1.82) is 0 Å². The van der Waals surface area contributed by atoms with E-state index in [0.29, 0.717) is 15.9 Å². The number of sulfonamides is 1. The van der Waals surface area contributed by atoms with Crippen LogP contribution in [0.3, 0.4) is 0 Å². The Labute approximate surface area is 113 Å². The second-order valence-electron chi connectivity index (χ2n) is 3.60. The number of hydrogen-bond acceptors (Lipinski definition) is 4. The lowest BCUT2D eigenvalue weighted by atomic mass is 10.3. The van der Waals surface area contributed by atoms with Crippen molar-refractivity contribution in [3.63, 3.8) is 0 Å². The fourth-order valence-corrected chi connectivity index (χ4v) is 3.47. The van der Waals surface area contributed by atoms with Gasteiger partial charge < -0.3 is 5.73 Å². The van der Waals surface area contributed by atoms with Gasteiger partial charge in [-0.25, -0.2) is 13.1 Å². The number of hydrogen-bond donors (Lipinski definition) is 3. The topological polar surface area (TPSA) is 101 Å². The Bertz CT molecular complexity index is 640. The summed E-state index contributed by atoms with van der Waals surface area (Å²) in [5.74, 6) is 0. The van der Waals surface area contributed by atoms with Crippen LogP contribution >= 0.6 is 15.9 Å². The lowest BCUT2D eigenvalue weighted by Gasteiger charge is -2.08. The zero-order chi connectivity index (χ0) is 13.2. The largest absolute Gasteiger partial charge is 0.399 e. The Morgan fingerprint density at radius 1 is 1.39 bits per heavy atom. The van der Waals surface area contributed by atoms with Gasteiger partial charge in [-0.1, -0.05) is 0 Å². The normalized spacial score (nSPS) is 11.6. The molecular weight excluding hydrogens is 320 g/mol. The van der Waals surface area contributed by atoms with Gasteiger partial charge in [0.25, 0.3) is 0 Å². The summed E-state index contributed by atoms with van der Waals surface area (Å²) < 4.78 is 27.0. The van der Waals surface area contributed by atoms with Crippen LogP contribution in [-0.2, 0) is 16.6 Å². The van der Waals surface area contributed by atoms with Gasteiger partial charge in [-0.3, -0.25) is 5.10 Å². The molecule has 0 amide bonds. The standard InChI is InChI=1S/C10H11BrN4O2S/c11-9-5-7(12)1-2-10(9)18(16,17)14-6-8-3-4-13-15-8/h1-5,14H,6,12H2,(H,13,15). The molecule has 0 bridgehead atoms. The summed E-state index contributed by atoms with van der Waals surface area (Å²) in [5, 5.41) is 6.42. The van der Waals surface area contributed by atoms with E-state index in [9.17, 15) is 8.42 Å². The van der Waals surface area contributed by atoms with Gasteiger partial charge in [0.2, 0.25) is 10.0 Å². The molecule has 0 aliphatic carbocycles. The molecule has 0 radical (unpaired) electrons. The van der Waals surface area contributed by atoms with Crippen LogP contribution in [0.1, 0.15) is 5.69 Å². The Morgan fingerprint density at radius 2 is 2.17 bits per heavy atom. The fraction of sp³-hybridized carbons (Fsp3) is 0.100. The first-order valence-electron chi connectivity index (χ1n) is 5.02. The molecule has 4 N–H and O–H groups in total. The molecule has 0 atom stereocenters. The highest BCUT2D eigenvalue weighted by Gasteiger charge is 2.17. The highest BCUT2D eigenvalue weighted by Crippen LogP contribution is 2.24. The first-order valence-corrected chi connectivity index (χ1v) is 7.29. The molecule has 0 fully saturated rings. The number of nitrogen functional groups attached to an aromatic ring is 1. The third-order valence-electron chi connectivity index (χ3n) is 2.26. The van der Waals surface area contributed by atoms with Crippen LogP contribution in [0.4, 0.5) is 5.69 Å². The number of nitrogens with two attached hydrogens (primary N) is 1. The maximum atomic E-state index is 12.0. The zero-order valence-electron chi connectivity index (χ0n) is 9.22. The molecule has 18 heavy (non-hydrogen) atoms. The van der Waals surface area contributed by atoms with Gasteiger partial charge >= 0.3 is 0 Å². The van der Waals surface area contributed by atoms with Crippen LogP contribution in [0.15, 0.2) is 39.8 Å². The molecule has 1 aromatic carbocycles. The SMILES string of the molecule is Nc1ccc(S(=O)(=O)NCc2ccn[nH]2)c(Br)c1. The first kappa shape index (κ1) is 13.1. The summed E-state index contributed by atoms with van der Waals surface area (Å²) in [6.45, 7) is 0.152. The molecule has 1 heterocycles. The van der Waals surface area contributed by atoms with E-state index < -0.39 is 10.0 Å². The van der Waals surface area contributed by atoms with E-state index in [1.54, 1.807) is 18.3 Å². The van der Waals surface area contributed by atoms with Crippen LogP contribution in [-0.4, -0.2) is 18.6 Å². The third-order valence-corrected chi connectivity index (χ3v) is 4.63. The van der Waals surface area contributed by atoms with Crippen LogP contribution in [0.25, 0.3) is 0 Å². The van der Waals surface area contributed by atoms with Crippen LogP contribution in [0, 0.1) is 0 Å². The van der Waals surface area contributed by atoms with Crippen LogP contribution in [0.5, 0.6) is 0 Å². The van der Waals surface area contributed by atoms with Gasteiger partial charge in [-0.15, -0.1) is 0 Å². The quantitative estimate of drug-likeness (QED) is 0.734. The minimum absolute atomic E-state index is 0.149. The molecule has 1 aromatic heterocycles. The fourth-order valence-electron chi connectivity index (χ4n) is 1.37. The number of nitrogens with one attached hydrogen (secondary N) is 2. The number of benzene rings is 1. The second kappa shape index (κ2) is 5.09. The van der Waals surface area contributed by atoms with Gasteiger partial charge in [0.05, 0.1) is 17.1 Å². The van der Waals surface area contributed by atoms with E-state index in [0.717, 1.165) is 0 Å². The van der Waals surface area contributed by atoms with Gasteiger partial charge in [-0.05, 0) is 40.2 Å². The molecule has 0 aliphatic rings. The summed E-state index contributed by atoms with van der Waals surface area (Å²) >= 11 is 3.18. The van der Waals surface area contributed by atoms with Crippen molar-refractivity contribution in [3.05, 3.63) is 40.6 Å². The highest BCUT2D eigenvalue weighted by atomic mass is 79.9. The monoisotopic (exact) mass is 330 g/mol. The Balaban J connectivity index is 2.20. The van der Waals surface area contributed by atoms with Gasteiger partial charge in [0.1, 0.15) is 0 Å². The zero-order valence-corrected chi connectivity index (χ0v) is 11.6. The Morgan fingerprint density at radius 3 is 2.78 bits per heavy atom. The predicted octanol–water partition coefficient (Wildman–Crippen LogP) is 1.23. The smallest absolute Gasteiger partial charge is 0.242 e. The molecule has 2 rings (SSSR count). The highest BCUT2D eigenvalue weighted by molar-refractivity contribution is 9.10. The maximum absolute atomic E-state index is 12.0. The lowest BCUT2D eigenvalue weighted by Crippen LogP contribution is -2.23. The summed E-state index contributed by atoms with van der Waals surface area (Å²) in [6.07, 6.45) is 1.56. The number of anilines is 1. The van der Waals surface area contributed by atoms with Crippen molar-refractivity contribution in [2.75, 3.05) is 5.73 Å². The number of nitrogens with zero attached hydrogens (tertiary/aromatic N) is 1.